The predicted octanol–water partition coefficient (Wildman–Crippen LogP) is 4.52. The average Bonchev–Trinajstić information content (AvgIpc) is 3.14. The van der Waals surface area contributed by atoms with Crippen LogP contribution < -0.4 is 5.32 Å². The highest BCUT2D eigenvalue weighted by Gasteiger charge is 2.34. The van der Waals surface area contributed by atoms with E-state index in [9.17, 15) is 4.79 Å². The number of aromatic nitrogens is 4. The number of anilines is 1. The van der Waals surface area contributed by atoms with Crippen LogP contribution >= 0.6 is 11.6 Å². The number of carbonyl (C=O) groups excluding carboxylic acids is 1. The molecule has 1 atom stereocenters. The maximum Gasteiger partial charge on any atom is 0.338 e. The molecule has 1 aromatic heterocycles. The van der Waals surface area contributed by atoms with Gasteiger partial charge in [0.2, 0.25) is 5.95 Å². The van der Waals surface area contributed by atoms with Gasteiger partial charge in [-0.05, 0) is 41.5 Å². The van der Waals surface area contributed by atoms with Crippen molar-refractivity contribution < 1.29 is 9.53 Å². The lowest BCUT2D eigenvalue weighted by atomic mass is 9.96. The lowest BCUT2D eigenvalue weighted by Crippen LogP contribution is -2.29. The number of hydrogen-bond acceptors (Lipinski definition) is 6. The van der Waals surface area contributed by atoms with E-state index < -0.39 is 6.04 Å². The van der Waals surface area contributed by atoms with Crippen molar-refractivity contribution in [2.75, 3.05) is 11.9 Å². The van der Waals surface area contributed by atoms with Crippen molar-refractivity contribution in [1.29, 1.82) is 0 Å². The van der Waals surface area contributed by atoms with E-state index in [0.29, 0.717) is 28.8 Å². The number of rotatable bonds is 9. The average molecular weight is 404 g/mol. The minimum atomic E-state index is -0.484. The van der Waals surface area contributed by atoms with Crippen LogP contribution in [0.5, 0.6) is 0 Å². The van der Waals surface area contributed by atoms with Crippen LogP contribution in [-0.2, 0) is 9.53 Å². The van der Waals surface area contributed by atoms with Crippen molar-refractivity contribution in [1.82, 2.24) is 20.2 Å². The summed E-state index contributed by atoms with van der Waals surface area (Å²) < 4.78 is 7.16. The van der Waals surface area contributed by atoms with Crippen LogP contribution in [-0.4, -0.2) is 32.8 Å². The standard InChI is InChI=1S/C20H26ClN5O2/c1-3-4-5-6-7-8-12-28-19(27)17-14(2)22-20-23-24-25-26(20)18(17)15-10-9-11-16(21)13-15/h9-11,13,18H,3-8,12H2,1-2H3,(H,22,23,25)/t18-/m0/s1. The van der Waals surface area contributed by atoms with Crippen LogP contribution in [0.1, 0.15) is 64.0 Å². The molecular formula is C20H26ClN5O2. The topological polar surface area (TPSA) is 81.9 Å². The van der Waals surface area contributed by atoms with Crippen molar-refractivity contribution >= 4 is 23.5 Å². The summed E-state index contributed by atoms with van der Waals surface area (Å²) in [6.45, 7) is 4.44. The summed E-state index contributed by atoms with van der Waals surface area (Å²) in [6, 6.07) is 6.87. The van der Waals surface area contributed by atoms with E-state index in [4.69, 9.17) is 16.3 Å². The van der Waals surface area contributed by atoms with Crippen LogP contribution in [0.4, 0.5) is 5.95 Å². The second kappa shape index (κ2) is 9.68. The second-order valence-electron chi connectivity index (χ2n) is 6.97. The fraction of sp³-hybridized carbons (Fsp3) is 0.500. The van der Waals surface area contributed by atoms with Gasteiger partial charge in [-0.25, -0.2) is 4.79 Å². The maximum atomic E-state index is 12.9. The number of halogens is 1. The molecule has 1 aromatic carbocycles. The number of allylic oxidation sites excluding steroid dienone is 1. The van der Waals surface area contributed by atoms with E-state index in [1.807, 2.05) is 25.1 Å². The molecule has 1 aliphatic heterocycles. The molecule has 150 valence electrons. The van der Waals surface area contributed by atoms with Crippen LogP contribution in [0.2, 0.25) is 5.02 Å². The Hall–Kier alpha value is -2.41. The number of benzene rings is 1. The van der Waals surface area contributed by atoms with Gasteiger partial charge in [-0.15, -0.1) is 0 Å². The Morgan fingerprint density at radius 3 is 2.82 bits per heavy atom. The molecule has 0 fully saturated rings. The molecule has 1 aliphatic rings. The van der Waals surface area contributed by atoms with E-state index in [0.717, 1.165) is 18.4 Å². The van der Waals surface area contributed by atoms with Gasteiger partial charge in [0.1, 0.15) is 6.04 Å². The number of unbranched alkanes of at least 4 members (excludes halogenated alkanes) is 5. The smallest absolute Gasteiger partial charge is 0.338 e. The fourth-order valence-electron chi connectivity index (χ4n) is 3.39. The van der Waals surface area contributed by atoms with E-state index >= 15 is 0 Å². The van der Waals surface area contributed by atoms with Crippen LogP contribution in [0, 0.1) is 0 Å². The highest BCUT2D eigenvalue weighted by atomic mass is 35.5. The molecule has 0 unspecified atom stereocenters. The normalized spacial score (nSPS) is 15.9. The number of ether oxygens (including phenoxy) is 1. The van der Waals surface area contributed by atoms with E-state index in [-0.39, 0.29) is 5.97 Å². The Kier molecular flexibility index (Phi) is 7.03. The number of esters is 1. The van der Waals surface area contributed by atoms with Gasteiger partial charge in [-0.3, -0.25) is 0 Å². The maximum absolute atomic E-state index is 12.9. The summed E-state index contributed by atoms with van der Waals surface area (Å²) in [4.78, 5) is 12.9. The first-order valence-corrected chi connectivity index (χ1v) is 10.2. The first-order chi connectivity index (χ1) is 13.6. The van der Waals surface area contributed by atoms with E-state index in [1.54, 1.807) is 10.7 Å². The highest BCUT2D eigenvalue weighted by Crippen LogP contribution is 2.35. The molecule has 1 N–H and O–H groups in total. The zero-order valence-corrected chi connectivity index (χ0v) is 17.1. The van der Waals surface area contributed by atoms with Crippen molar-refractivity contribution in [2.24, 2.45) is 0 Å². The Balaban J connectivity index is 1.73. The number of nitrogens with one attached hydrogen (secondary N) is 1. The van der Waals surface area contributed by atoms with Crippen LogP contribution in [0.3, 0.4) is 0 Å². The zero-order valence-electron chi connectivity index (χ0n) is 16.3. The highest BCUT2D eigenvalue weighted by molar-refractivity contribution is 6.30. The third kappa shape index (κ3) is 4.70. The van der Waals surface area contributed by atoms with Gasteiger partial charge in [0.15, 0.2) is 0 Å². The largest absolute Gasteiger partial charge is 0.462 e. The van der Waals surface area contributed by atoms with Crippen LogP contribution in [0.25, 0.3) is 0 Å². The number of hydrogen-bond donors (Lipinski definition) is 1. The minimum absolute atomic E-state index is 0.357. The molecule has 0 bridgehead atoms. The van der Waals surface area contributed by atoms with Crippen molar-refractivity contribution in [3.05, 3.63) is 46.1 Å². The number of tetrazole rings is 1. The lowest BCUT2D eigenvalue weighted by molar-refractivity contribution is -0.139. The van der Waals surface area contributed by atoms with E-state index in [2.05, 4.69) is 27.8 Å². The molecule has 2 aromatic rings. The number of carbonyl (C=O) groups is 1. The molecule has 8 heteroatoms. The van der Waals surface area contributed by atoms with Gasteiger partial charge in [0.25, 0.3) is 0 Å². The third-order valence-corrected chi connectivity index (χ3v) is 5.06. The summed E-state index contributed by atoms with van der Waals surface area (Å²) in [5.41, 5.74) is 2.00. The summed E-state index contributed by atoms with van der Waals surface area (Å²) in [5, 5.41) is 15.4. The molecule has 0 aliphatic carbocycles. The van der Waals surface area contributed by atoms with Gasteiger partial charge < -0.3 is 10.1 Å². The molecule has 0 saturated carbocycles. The number of fused-ring (bicyclic) bond motifs is 1. The first-order valence-electron chi connectivity index (χ1n) is 9.80. The van der Waals surface area contributed by atoms with Gasteiger partial charge in [0.05, 0.1) is 12.2 Å². The Morgan fingerprint density at radius 2 is 2.04 bits per heavy atom. The molecule has 3 rings (SSSR count). The first kappa shape index (κ1) is 20.3. The SMILES string of the molecule is CCCCCCCCOC(=O)C1=C(C)Nc2nnnn2[C@H]1c1cccc(Cl)c1. The van der Waals surface area contributed by atoms with Crippen molar-refractivity contribution in [2.45, 2.75) is 58.4 Å². The molecule has 0 radical (unpaired) electrons. The Morgan fingerprint density at radius 1 is 1.25 bits per heavy atom. The van der Waals surface area contributed by atoms with Gasteiger partial charge in [-0.2, -0.15) is 4.68 Å². The van der Waals surface area contributed by atoms with Gasteiger partial charge in [0, 0.05) is 10.7 Å². The summed E-state index contributed by atoms with van der Waals surface area (Å²) >= 11 is 6.17. The molecule has 28 heavy (non-hydrogen) atoms. The van der Waals surface area contributed by atoms with Gasteiger partial charge in [-0.1, -0.05) is 67.9 Å². The Labute approximate surface area is 170 Å². The summed E-state index contributed by atoms with van der Waals surface area (Å²) in [6.07, 6.45) is 6.82. The zero-order chi connectivity index (χ0) is 19.9. The third-order valence-electron chi connectivity index (χ3n) is 4.83. The van der Waals surface area contributed by atoms with Crippen molar-refractivity contribution in [3.63, 3.8) is 0 Å². The predicted molar refractivity (Wildman–Crippen MR) is 108 cm³/mol. The molecule has 2 heterocycles. The second-order valence-corrected chi connectivity index (χ2v) is 7.41. The van der Waals surface area contributed by atoms with Crippen molar-refractivity contribution in [3.8, 4) is 0 Å². The van der Waals surface area contributed by atoms with E-state index in [1.165, 1.54) is 25.7 Å². The minimum Gasteiger partial charge on any atom is -0.462 e. The summed E-state index contributed by atoms with van der Waals surface area (Å²) in [7, 11) is 0. The Bertz CT molecular complexity index is 849. The molecule has 0 saturated heterocycles. The number of nitrogens with zero attached hydrogens (tertiary/aromatic N) is 4. The fourth-order valence-corrected chi connectivity index (χ4v) is 3.59. The molecular weight excluding hydrogens is 378 g/mol. The van der Waals surface area contributed by atoms with Crippen LogP contribution in [0.15, 0.2) is 35.5 Å². The molecule has 0 spiro atoms. The monoisotopic (exact) mass is 403 g/mol. The molecule has 7 nitrogen and oxygen atoms in total. The quantitative estimate of drug-likeness (QED) is 0.489. The summed E-state index contributed by atoms with van der Waals surface area (Å²) in [5.74, 6) is 0.125. The molecule has 0 amide bonds. The lowest BCUT2D eigenvalue weighted by Gasteiger charge is -2.27. The van der Waals surface area contributed by atoms with Gasteiger partial charge >= 0.3 is 5.97 Å².